The van der Waals surface area contributed by atoms with Gasteiger partial charge in [0.15, 0.2) is 0 Å². The van der Waals surface area contributed by atoms with Crippen LogP contribution in [0.5, 0.6) is 0 Å². The number of aryl methyl sites for hydroxylation is 1. The molecule has 0 atom stereocenters. The first-order valence-electron chi connectivity index (χ1n) is 6.76. The summed E-state index contributed by atoms with van der Waals surface area (Å²) in [7, 11) is 2.10. The summed E-state index contributed by atoms with van der Waals surface area (Å²) in [5, 5.41) is 4.84. The minimum Gasteiger partial charge on any atom is -0.272 e. The molecule has 1 spiro atoms. The molecule has 1 aromatic heterocycles. The highest BCUT2D eigenvalue weighted by Crippen LogP contribution is 2.47. The Labute approximate surface area is 98.0 Å². The second-order valence-corrected chi connectivity index (χ2v) is 5.73. The molecule has 1 saturated carbocycles. The minimum atomic E-state index is 0.470. The zero-order chi connectivity index (χ0) is 11.2. The van der Waals surface area contributed by atoms with Crippen LogP contribution in [0.2, 0.25) is 0 Å². The van der Waals surface area contributed by atoms with E-state index in [0.717, 1.165) is 0 Å². The van der Waals surface area contributed by atoms with Gasteiger partial charge in [0.1, 0.15) is 0 Å². The molecular formula is C14H22N2. The fraction of sp³-hybridized carbons (Fsp3) is 0.786. The van der Waals surface area contributed by atoms with Gasteiger partial charge in [0.2, 0.25) is 0 Å². The topological polar surface area (TPSA) is 17.8 Å². The lowest BCUT2D eigenvalue weighted by atomic mass is 9.65. The van der Waals surface area contributed by atoms with Crippen molar-refractivity contribution in [2.75, 3.05) is 0 Å². The zero-order valence-corrected chi connectivity index (χ0v) is 10.6. The molecule has 0 N–H and O–H groups in total. The van der Waals surface area contributed by atoms with Crippen LogP contribution >= 0.6 is 0 Å². The van der Waals surface area contributed by atoms with Crippen molar-refractivity contribution in [1.29, 1.82) is 0 Å². The summed E-state index contributed by atoms with van der Waals surface area (Å²) < 4.78 is 2.10. The van der Waals surface area contributed by atoms with E-state index in [4.69, 9.17) is 5.10 Å². The SMILES string of the molecule is Cc1c2c(nn1C)C1(CCCCC1)CCC2. The van der Waals surface area contributed by atoms with Gasteiger partial charge in [0.25, 0.3) is 0 Å². The quantitative estimate of drug-likeness (QED) is 0.653. The van der Waals surface area contributed by atoms with Crippen LogP contribution in [-0.4, -0.2) is 9.78 Å². The van der Waals surface area contributed by atoms with E-state index in [1.54, 1.807) is 5.56 Å². The zero-order valence-electron chi connectivity index (χ0n) is 10.6. The molecule has 1 heterocycles. The van der Waals surface area contributed by atoms with Crippen LogP contribution in [0.1, 0.15) is 61.9 Å². The highest BCUT2D eigenvalue weighted by Gasteiger charge is 2.40. The van der Waals surface area contributed by atoms with Gasteiger partial charge in [-0.3, -0.25) is 4.68 Å². The molecular weight excluding hydrogens is 196 g/mol. The van der Waals surface area contributed by atoms with Crippen LogP contribution < -0.4 is 0 Å². The first kappa shape index (κ1) is 10.4. The Morgan fingerprint density at radius 2 is 1.75 bits per heavy atom. The smallest absolute Gasteiger partial charge is 0.0720 e. The fourth-order valence-electron chi connectivity index (χ4n) is 3.81. The van der Waals surface area contributed by atoms with Gasteiger partial charge in [-0.15, -0.1) is 0 Å². The molecule has 0 unspecified atom stereocenters. The third-order valence-electron chi connectivity index (χ3n) is 4.85. The van der Waals surface area contributed by atoms with Crippen molar-refractivity contribution < 1.29 is 0 Å². The predicted octanol–water partition coefficient (Wildman–Crippen LogP) is 3.27. The van der Waals surface area contributed by atoms with Gasteiger partial charge >= 0.3 is 0 Å². The van der Waals surface area contributed by atoms with Crippen LogP contribution in [0, 0.1) is 6.92 Å². The Balaban J connectivity index is 2.08. The van der Waals surface area contributed by atoms with E-state index in [1.165, 1.54) is 62.8 Å². The molecule has 0 amide bonds. The van der Waals surface area contributed by atoms with Gasteiger partial charge in [0, 0.05) is 18.2 Å². The minimum absolute atomic E-state index is 0.470. The number of hydrogen-bond donors (Lipinski definition) is 0. The lowest BCUT2D eigenvalue weighted by Gasteiger charge is -2.39. The van der Waals surface area contributed by atoms with Crippen LogP contribution in [0.3, 0.4) is 0 Å². The maximum Gasteiger partial charge on any atom is 0.0720 e. The first-order chi connectivity index (χ1) is 7.73. The van der Waals surface area contributed by atoms with E-state index < -0.39 is 0 Å². The molecule has 0 saturated heterocycles. The summed E-state index contributed by atoms with van der Waals surface area (Å²) in [6.07, 6.45) is 11.0. The Bertz CT molecular complexity index is 397. The average Bonchev–Trinajstić information content (AvgIpc) is 2.60. The van der Waals surface area contributed by atoms with Crippen molar-refractivity contribution in [3.63, 3.8) is 0 Å². The van der Waals surface area contributed by atoms with Gasteiger partial charge in [0.05, 0.1) is 5.69 Å². The highest BCUT2D eigenvalue weighted by atomic mass is 15.3. The third-order valence-corrected chi connectivity index (χ3v) is 4.85. The van der Waals surface area contributed by atoms with Gasteiger partial charge in [-0.25, -0.2) is 0 Å². The molecule has 0 bridgehead atoms. The summed E-state index contributed by atoms with van der Waals surface area (Å²) in [4.78, 5) is 0. The normalized spacial score (nSPS) is 23.4. The second-order valence-electron chi connectivity index (χ2n) is 5.73. The third kappa shape index (κ3) is 1.35. The van der Waals surface area contributed by atoms with Crippen molar-refractivity contribution in [3.05, 3.63) is 17.0 Å². The first-order valence-corrected chi connectivity index (χ1v) is 6.76. The summed E-state index contributed by atoms with van der Waals surface area (Å²) in [5.74, 6) is 0. The van der Waals surface area contributed by atoms with Crippen molar-refractivity contribution in [2.24, 2.45) is 7.05 Å². The molecule has 1 fully saturated rings. The fourth-order valence-corrected chi connectivity index (χ4v) is 3.81. The molecule has 0 aromatic carbocycles. The molecule has 88 valence electrons. The van der Waals surface area contributed by atoms with Crippen LogP contribution in [0.25, 0.3) is 0 Å². The van der Waals surface area contributed by atoms with E-state index in [1.807, 2.05) is 0 Å². The molecule has 0 radical (unpaired) electrons. The van der Waals surface area contributed by atoms with Crippen molar-refractivity contribution in [2.45, 2.75) is 63.7 Å². The lowest BCUT2D eigenvalue weighted by Crippen LogP contribution is -2.33. The number of aromatic nitrogens is 2. The summed E-state index contributed by atoms with van der Waals surface area (Å²) in [6, 6.07) is 0. The largest absolute Gasteiger partial charge is 0.272 e. The Hall–Kier alpha value is -0.790. The predicted molar refractivity (Wildman–Crippen MR) is 65.6 cm³/mol. The standard InChI is InChI=1S/C14H22N2/c1-11-12-7-6-10-14(8-4-3-5-9-14)13(12)15-16(11)2/h3-10H2,1-2H3. The van der Waals surface area contributed by atoms with Crippen molar-refractivity contribution in [3.8, 4) is 0 Å². The van der Waals surface area contributed by atoms with Crippen LogP contribution in [0.4, 0.5) is 0 Å². The Morgan fingerprint density at radius 1 is 1.06 bits per heavy atom. The highest BCUT2D eigenvalue weighted by molar-refractivity contribution is 5.34. The number of nitrogens with zero attached hydrogens (tertiary/aromatic N) is 2. The molecule has 2 heteroatoms. The van der Waals surface area contributed by atoms with E-state index in [9.17, 15) is 0 Å². The summed E-state index contributed by atoms with van der Waals surface area (Å²) in [5.41, 5.74) is 4.92. The van der Waals surface area contributed by atoms with Crippen LogP contribution in [-0.2, 0) is 18.9 Å². The second kappa shape index (κ2) is 3.61. The van der Waals surface area contributed by atoms with Crippen molar-refractivity contribution in [1.82, 2.24) is 9.78 Å². The van der Waals surface area contributed by atoms with E-state index in [-0.39, 0.29) is 0 Å². The lowest BCUT2D eigenvalue weighted by molar-refractivity contribution is 0.248. The van der Waals surface area contributed by atoms with Gasteiger partial charge < -0.3 is 0 Å². The molecule has 2 aliphatic rings. The summed E-state index contributed by atoms with van der Waals surface area (Å²) in [6.45, 7) is 2.23. The molecule has 16 heavy (non-hydrogen) atoms. The maximum atomic E-state index is 4.84. The molecule has 2 nitrogen and oxygen atoms in total. The number of fused-ring (bicyclic) bond motifs is 2. The Morgan fingerprint density at radius 3 is 2.50 bits per heavy atom. The van der Waals surface area contributed by atoms with Gasteiger partial charge in [-0.05, 0) is 44.6 Å². The Kier molecular flexibility index (Phi) is 2.34. The van der Waals surface area contributed by atoms with E-state index in [0.29, 0.717) is 5.41 Å². The van der Waals surface area contributed by atoms with Gasteiger partial charge in [-0.2, -0.15) is 5.10 Å². The number of hydrogen-bond acceptors (Lipinski definition) is 1. The monoisotopic (exact) mass is 218 g/mol. The maximum absolute atomic E-state index is 4.84. The molecule has 0 aliphatic heterocycles. The van der Waals surface area contributed by atoms with E-state index in [2.05, 4.69) is 18.7 Å². The van der Waals surface area contributed by atoms with E-state index >= 15 is 0 Å². The average molecular weight is 218 g/mol. The van der Waals surface area contributed by atoms with Crippen molar-refractivity contribution >= 4 is 0 Å². The van der Waals surface area contributed by atoms with Crippen LogP contribution in [0.15, 0.2) is 0 Å². The summed E-state index contributed by atoms with van der Waals surface area (Å²) >= 11 is 0. The number of rotatable bonds is 0. The molecule has 3 rings (SSSR count). The molecule has 2 aliphatic carbocycles. The van der Waals surface area contributed by atoms with Gasteiger partial charge in [-0.1, -0.05) is 19.3 Å². The molecule has 1 aromatic rings.